The van der Waals surface area contributed by atoms with Crippen LogP contribution in [0, 0.1) is 11.8 Å². The summed E-state index contributed by atoms with van der Waals surface area (Å²) in [5.41, 5.74) is 0.971. The van der Waals surface area contributed by atoms with E-state index in [1.54, 1.807) is 0 Å². The molecular formula is C14H15NO3. The van der Waals surface area contributed by atoms with E-state index in [2.05, 4.69) is 5.32 Å². The van der Waals surface area contributed by atoms with Gasteiger partial charge in [0.05, 0.1) is 0 Å². The van der Waals surface area contributed by atoms with E-state index in [1.165, 1.54) is 6.92 Å². The molecule has 1 aromatic carbocycles. The Bertz CT molecular complexity index is 469. The second-order valence-electron chi connectivity index (χ2n) is 4.56. The highest BCUT2D eigenvalue weighted by Gasteiger charge is 2.42. The minimum Gasteiger partial charge on any atom is -0.309 e. The van der Waals surface area contributed by atoms with Crippen LogP contribution >= 0.6 is 0 Å². The van der Waals surface area contributed by atoms with Gasteiger partial charge in [0.1, 0.15) is 5.78 Å². The van der Waals surface area contributed by atoms with Gasteiger partial charge in [-0.1, -0.05) is 30.3 Å². The van der Waals surface area contributed by atoms with Crippen LogP contribution in [0.2, 0.25) is 0 Å². The standard InChI is InChI=1S/C14H15NO3/c1-9(17)13-11(12(18)8-16)7-15-14(13)10-5-3-2-4-6-10/h2-6,8,11,13-15H,7H2,1H3. The van der Waals surface area contributed by atoms with Gasteiger partial charge in [-0.25, -0.2) is 0 Å². The molecule has 4 nitrogen and oxygen atoms in total. The van der Waals surface area contributed by atoms with Gasteiger partial charge < -0.3 is 5.32 Å². The third kappa shape index (κ3) is 2.24. The molecule has 1 aliphatic heterocycles. The Morgan fingerprint density at radius 1 is 1.28 bits per heavy atom. The summed E-state index contributed by atoms with van der Waals surface area (Å²) < 4.78 is 0. The van der Waals surface area contributed by atoms with Crippen LogP contribution in [0.5, 0.6) is 0 Å². The summed E-state index contributed by atoms with van der Waals surface area (Å²) in [5.74, 6) is -1.55. The number of hydrogen-bond acceptors (Lipinski definition) is 4. The highest BCUT2D eigenvalue weighted by molar-refractivity contribution is 6.26. The lowest BCUT2D eigenvalue weighted by atomic mass is 9.82. The molecule has 0 saturated carbocycles. The normalized spacial score (nSPS) is 26.8. The molecule has 0 aliphatic carbocycles. The van der Waals surface area contributed by atoms with Crippen molar-refractivity contribution in [3.8, 4) is 0 Å². The highest BCUT2D eigenvalue weighted by atomic mass is 16.2. The Hall–Kier alpha value is -1.81. The van der Waals surface area contributed by atoms with E-state index in [0.29, 0.717) is 12.8 Å². The topological polar surface area (TPSA) is 63.2 Å². The average Bonchev–Trinajstić information content (AvgIpc) is 2.83. The lowest BCUT2D eigenvalue weighted by Gasteiger charge is -2.20. The second-order valence-corrected chi connectivity index (χ2v) is 4.56. The van der Waals surface area contributed by atoms with Gasteiger partial charge in [-0.15, -0.1) is 0 Å². The van der Waals surface area contributed by atoms with Crippen molar-refractivity contribution < 1.29 is 14.4 Å². The molecule has 2 rings (SSSR count). The summed E-state index contributed by atoms with van der Waals surface area (Å²) in [5, 5.41) is 3.17. The second kappa shape index (κ2) is 5.23. The van der Waals surface area contributed by atoms with Crippen LogP contribution in [0.1, 0.15) is 18.5 Å². The number of rotatable bonds is 4. The van der Waals surface area contributed by atoms with Gasteiger partial charge in [0.2, 0.25) is 0 Å². The van der Waals surface area contributed by atoms with Crippen molar-refractivity contribution >= 4 is 17.9 Å². The Kier molecular flexibility index (Phi) is 3.67. The molecule has 0 bridgehead atoms. The predicted octanol–water partition coefficient (Wildman–Crippen LogP) is 0.920. The number of nitrogens with one attached hydrogen (secondary N) is 1. The molecule has 1 N–H and O–H groups in total. The maximum atomic E-state index is 11.8. The maximum absolute atomic E-state index is 11.8. The van der Waals surface area contributed by atoms with Gasteiger partial charge in [-0.2, -0.15) is 0 Å². The molecule has 1 heterocycles. The van der Waals surface area contributed by atoms with Crippen LogP contribution in [0.25, 0.3) is 0 Å². The summed E-state index contributed by atoms with van der Waals surface area (Å²) in [4.78, 5) is 33.9. The lowest BCUT2D eigenvalue weighted by molar-refractivity contribution is -0.135. The van der Waals surface area contributed by atoms with E-state index in [9.17, 15) is 14.4 Å². The van der Waals surface area contributed by atoms with E-state index in [1.807, 2.05) is 30.3 Å². The minimum atomic E-state index is -0.537. The van der Waals surface area contributed by atoms with Gasteiger partial charge in [0.25, 0.3) is 0 Å². The molecule has 1 aliphatic rings. The first kappa shape index (κ1) is 12.6. The van der Waals surface area contributed by atoms with Crippen molar-refractivity contribution in [1.29, 1.82) is 0 Å². The molecule has 3 atom stereocenters. The Balaban J connectivity index is 2.30. The summed E-state index contributed by atoms with van der Waals surface area (Å²) in [6.45, 7) is 1.85. The molecule has 0 amide bonds. The van der Waals surface area contributed by atoms with E-state index in [4.69, 9.17) is 0 Å². The van der Waals surface area contributed by atoms with Crippen molar-refractivity contribution in [1.82, 2.24) is 5.32 Å². The van der Waals surface area contributed by atoms with Gasteiger partial charge in [-0.05, 0) is 12.5 Å². The van der Waals surface area contributed by atoms with Gasteiger partial charge in [0.15, 0.2) is 12.1 Å². The van der Waals surface area contributed by atoms with Crippen LogP contribution in [0.3, 0.4) is 0 Å². The molecule has 1 fully saturated rings. The molecular weight excluding hydrogens is 230 g/mol. The quantitative estimate of drug-likeness (QED) is 0.633. The summed E-state index contributed by atoms with van der Waals surface area (Å²) in [6.07, 6.45) is 0.315. The molecule has 0 aromatic heterocycles. The summed E-state index contributed by atoms with van der Waals surface area (Å²) >= 11 is 0. The Morgan fingerprint density at radius 3 is 2.50 bits per heavy atom. The van der Waals surface area contributed by atoms with Crippen LogP contribution in [-0.2, 0) is 14.4 Å². The maximum Gasteiger partial charge on any atom is 0.200 e. The van der Waals surface area contributed by atoms with E-state index in [-0.39, 0.29) is 11.8 Å². The number of carbonyl (C=O) groups excluding carboxylic acids is 3. The van der Waals surface area contributed by atoms with Crippen molar-refractivity contribution in [2.45, 2.75) is 13.0 Å². The number of carbonyl (C=O) groups is 3. The Morgan fingerprint density at radius 2 is 1.94 bits per heavy atom. The summed E-state index contributed by atoms with van der Waals surface area (Å²) in [7, 11) is 0. The first-order valence-corrected chi connectivity index (χ1v) is 5.93. The number of ketones is 2. The molecule has 3 unspecified atom stereocenters. The van der Waals surface area contributed by atoms with Crippen LogP contribution in [0.15, 0.2) is 30.3 Å². The largest absolute Gasteiger partial charge is 0.309 e. The van der Waals surface area contributed by atoms with E-state index < -0.39 is 17.6 Å². The fourth-order valence-corrected chi connectivity index (χ4v) is 2.61. The molecule has 0 spiro atoms. The van der Waals surface area contributed by atoms with Crippen LogP contribution in [0.4, 0.5) is 0 Å². The number of benzene rings is 1. The van der Waals surface area contributed by atoms with Crippen molar-refractivity contribution in [2.24, 2.45) is 11.8 Å². The zero-order chi connectivity index (χ0) is 13.1. The van der Waals surface area contributed by atoms with Gasteiger partial charge in [-0.3, -0.25) is 14.4 Å². The fraction of sp³-hybridized carbons (Fsp3) is 0.357. The van der Waals surface area contributed by atoms with Crippen molar-refractivity contribution in [3.63, 3.8) is 0 Å². The Labute approximate surface area is 105 Å². The third-order valence-electron chi connectivity index (χ3n) is 3.46. The number of hydrogen-bond donors (Lipinski definition) is 1. The zero-order valence-corrected chi connectivity index (χ0v) is 10.1. The molecule has 1 saturated heterocycles. The van der Waals surface area contributed by atoms with E-state index in [0.717, 1.165) is 5.56 Å². The van der Waals surface area contributed by atoms with Gasteiger partial charge in [0, 0.05) is 24.4 Å². The zero-order valence-electron chi connectivity index (χ0n) is 10.1. The average molecular weight is 245 g/mol. The SMILES string of the molecule is CC(=O)C1C(C(=O)C=O)CNC1c1ccccc1. The third-order valence-corrected chi connectivity index (χ3v) is 3.46. The van der Waals surface area contributed by atoms with Crippen LogP contribution in [-0.4, -0.2) is 24.4 Å². The number of aldehydes is 1. The van der Waals surface area contributed by atoms with Gasteiger partial charge >= 0.3 is 0 Å². The van der Waals surface area contributed by atoms with Crippen molar-refractivity contribution in [3.05, 3.63) is 35.9 Å². The highest BCUT2D eigenvalue weighted by Crippen LogP contribution is 2.34. The van der Waals surface area contributed by atoms with Crippen molar-refractivity contribution in [2.75, 3.05) is 6.54 Å². The smallest absolute Gasteiger partial charge is 0.200 e. The monoisotopic (exact) mass is 245 g/mol. The summed E-state index contributed by atoms with van der Waals surface area (Å²) in [6, 6.07) is 9.34. The fourth-order valence-electron chi connectivity index (χ4n) is 2.61. The minimum absolute atomic E-state index is 0.0611. The predicted molar refractivity (Wildman–Crippen MR) is 65.9 cm³/mol. The van der Waals surface area contributed by atoms with Crippen LogP contribution < -0.4 is 5.32 Å². The van der Waals surface area contributed by atoms with E-state index >= 15 is 0 Å². The first-order chi connectivity index (χ1) is 8.65. The molecule has 4 heteroatoms. The number of Topliss-reactive ketones (excluding diaryl/α,β-unsaturated/α-hetero) is 2. The first-order valence-electron chi connectivity index (χ1n) is 5.93. The lowest BCUT2D eigenvalue weighted by Crippen LogP contribution is -2.29. The molecule has 1 aromatic rings. The molecule has 18 heavy (non-hydrogen) atoms. The molecule has 0 radical (unpaired) electrons. The molecule has 94 valence electrons.